The molecule has 15 heavy (non-hydrogen) atoms. The van der Waals surface area contributed by atoms with Crippen LogP contribution in [0, 0.1) is 0 Å². The van der Waals surface area contributed by atoms with Crippen molar-refractivity contribution in [3.05, 3.63) is 0 Å². The second-order valence-corrected chi connectivity index (χ2v) is 4.65. The van der Waals surface area contributed by atoms with E-state index in [1.165, 1.54) is 0 Å². The van der Waals surface area contributed by atoms with Crippen LogP contribution in [0.3, 0.4) is 0 Å². The van der Waals surface area contributed by atoms with Gasteiger partial charge < -0.3 is 11.1 Å². The molecular weight excluding hydrogens is 210 g/mol. The van der Waals surface area contributed by atoms with Crippen molar-refractivity contribution in [2.75, 3.05) is 32.6 Å². The number of nitrogens with two attached hydrogens (primary N) is 1. The third kappa shape index (κ3) is 5.39. The number of hydrogen-bond acceptors (Lipinski definition) is 4. The van der Waals surface area contributed by atoms with Crippen LogP contribution in [-0.4, -0.2) is 55.5 Å². The summed E-state index contributed by atoms with van der Waals surface area (Å²) in [6.07, 6.45) is 2.56. The Kier molecular flexibility index (Phi) is 7.82. The molecule has 90 valence electrons. The summed E-state index contributed by atoms with van der Waals surface area (Å²) in [4.78, 5) is 13.5. The summed E-state index contributed by atoms with van der Waals surface area (Å²) >= 11 is 1.81. The van der Waals surface area contributed by atoms with Gasteiger partial charge in [-0.3, -0.25) is 9.69 Å². The highest BCUT2D eigenvalue weighted by molar-refractivity contribution is 7.98. The maximum atomic E-state index is 11.3. The van der Waals surface area contributed by atoms with Crippen molar-refractivity contribution in [3.63, 3.8) is 0 Å². The zero-order chi connectivity index (χ0) is 11.8. The van der Waals surface area contributed by atoms with E-state index in [-0.39, 0.29) is 11.9 Å². The Morgan fingerprint density at radius 1 is 1.60 bits per heavy atom. The molecule has 2 unspecified atom stereocenters. The number of hydrogen-bond donors (Lipinski definition) is 2. The van der Waals surface area contributed by atoms with E-state index in [1.54, 1.807) is 7.05 Å². The molecule has 0 spiro atoms. The van der Waals surface area contributed by atoms with Crippen LogP contribution in [0.25, 0.3) is 0 Å². The first kappa shape index (κ1) is 14.7. The number of nitrogens with one attached hydrogen (secondary N) is 1. The van der Waals surface area contributed by atoms with Crippen molar-refractivity contribution in [1.29, 1.82) is 0 Å². The smallest absolute Gasteiger partial charge is 0.221 e. The SMILES string of the molecule is CNC(=O)CC(CN)N(C)C(C)CSC. The first-order valence-electron chi connectivity index (χ1n) is 5.18. The van der Waals surface area contributed by atoms with E-state index in [1.807, 2.05) is 18.8 Å². The van der Waals surface area contributed by atoms with Crippen molar-refractivity contribution in [2.45, 2.75) is 25.4 Å². The summed E-state index contributed by atoms with van der Waals surface area (Å²) in [5.41, 5.74) is 5.68. The lowest BCUT2D eigenvalue weighted by atomic mass is 10.1. The van der Waals surface area contributed by atoms with Gasteiger partial charge >= 0.3 is 0 Å². The summed E-state index contributed by atoms with van der Waals surface area (Å²) < 4.78 is 0. The van der Waals surface area contributed by atoms with Crippen LogP contribution in [0.15, 0.2) is 0 Å². The Labute approximate surface area is 97.0 Å². The highest BCUT2D eigenvalue weighted by atomic mass is 32.2. The minimum absolute atomic E-state index is 0.0497. The molecule has 1 amide bonds. The first-order valence-corrected chi connectivity index (χ1v) is 6.57. The molecular formula is C10H23N3OS. The largest absolute Gasteiger partial charge is 0.359 e. The van der Waals surface area contributed by atoms with Crippen LogP contribution in [0.2, 0.25) is 0 Å². The fraction of sp³-hybridized carbons (Fsp3) is 0.900. The third-order valence-electron chi connectivity index (χ3n) is 2.65. The number of nitrogens with zero attached hydrogens (tertiary/aromatic N) is 1. The molecule has 0 radical (unpaired) electrons. The minimum atomic E-state index is 0.0497. The predicted octanol–water partition coefficient (Wildman–Crippen LogP) is 0.133. The summed E-state index contributed by atoms with van der Waals surface area (Å²) in [6.45, 7) is 2.67. The quantitative estimate of drug-likeness (QED) is 0.656. The van der Waals surface area contributed by atoms with Crippen molar-refractivity contribution >= 4 is 17.7 Å². The van der Waals surface area contributed by atoms with Gasteiger partial charge in [-0.25, -0.2) is 0 Å². The molecule has 0 bridgehead atoms. The highest BCUT2D eigenvalue weighted by Crippen LogP contribution is 2.09. The van der Waals surface area contributed by atoms with Gasteiger partial charge in [0.15, 0.2) is 0 Å². The number of amides is 1. The molecule has 0 saturated carbocycles. The molecule has 0 aliphatic rings. The predicted molar refractivity (Wildman–Crippen MR) is 67.1 cm³/mol. The second-order valence-electron chi connectivity index (χ2n) is 3.74. The van der Waals surface area contributed by atoms with Crippen LogP contribution < -0.4 is 11.1 Å². The summed E-state index contributed by atoms with van der Waals surface area (Å²) in [7, 11) is 3.68. The van der Waals surface area contributed by atoms with E-state index in [0.29, 0.717) is 19.0 Å². The van der Waals surface area contributed by atoms with Crippen molar-refractivity contribution < 1.29 is 4.79 Å². The Balaban J connectivity index is 4.19. The zero-order valence-electron chi connectivity index (χ0n) is 10.1. The molecule has 0 saturated heterocycles. The van der Waals surface area contributed by atoms with Crippen molar-refractivity contribution in [1.82, 2.24) is 10.2 Å². The van der Waals surface area contributed by atoms with Crippen LogP contribution >= 0.6 is 11.8 Å². The molecule has 4 nitrogen and oxygen atoms in total. The second kappa shape index (κ2) is 7.96. The Morgan fingerprint density at radius 2 is 2.20 bits per heavy atom. The van der Waals surface area contributed by atoms with E-state index < -0.39 is 0 Å². The summed E-state index contributed by atoms with van der Waals surface area (Å²) in [6, 6.07) is 0.574. The third-order valence-corrected chi connectivity index (χ3v) is 3.47. The van der Waals surface area contributed by atoms with Crippen LogP contribution in [0.4, 0.5) is 0 Å². The molecule has 0 aromatic heterocycles. The zero-order valence-corrected chi connectivity index (χ0v) is 10.9. The normalized spacial score (nSPS) is 15.1. The molecule has 0 aliphatic heterocycles. The number of rotatable bonds is 7. The van der Waals surface area contributed by atoms with Gasteiger partial charge in [0.2, 0.25) is 5.91 Å². The number of likely N-dealkylation sites (N-methyl/N-ethyl adjacent to an activating group) is 1. The van der Waals surface area contributed by atoms with Crippen LogP contribution in [0.5, 0.6) is 0 Å². The van der Waals surface area contributed by atoms with E-state index in [9.17, 15) is 4.79 Å². The van der Waals surface area contributed by atoms with Gasteiger partial charge in [-0.1, -0.05) is 0 Å². The van der Waals surface area contributed by atoms with Crippen LogP contribution in [-0.2, 0) is 4.79 Å². The van der Waals surface area contributed by atoms with Gasteiger partial charge in [0.25, 0.3) is 0 Å². The minimum Gasteiger partial charge on any atom is -0.359 e. The Hall–Kier alpha value is -0.260. The van der Waals surface area contributed by atoms with Gasteiger partial charge in [0.05, 0.1) is 0 Å². The molecule has 0 aromatic rings. The standard InChI is InChI=1S/C10H23N3OS/c1-8(7-15-4)13(3)9(6-11)5-10(14)12-2/h8-9H,5-7,11H2,1-4H3,(H,12,14). The molecule has 0 heterocycles. The molecule has 0 rings (SSSR count). The molecule has 2 atom stereocenters. The average Bonchev–Trinajstić information content (AvgIpc) is 2.24. The van der Waals surface area contributed by atoms with Gasteiger partial charge in [0.1, 0.15) is 0 Å². The highest BCUT2D eigenvalue weighted by Gasteiger charge is 2.20. The van der Waals surface area contributed by atoms with Crippen LogP contribution in [0.1, 0.15) is 13.3 Å². The van der Waals surface area contributed by atoms with Gasteiger partial charge in [-0.05, 0) is 20.2 Å². The summed E-state index contributed by atoms with van der Waals surface area (Å²) in [5.74, 6) is 1.11. The van der Waals surface area contributed by atoms with E-state index in [2.05, 4.69) is 23.4 Å². The molecule has 0 aliphatic carbocycles. The van der Waals surface area contributed by atoms with Gasteiger partial charge in [0, 0.05) is 37.8 Å². The maximum Gasteiger partial charge on any atom is 0.221 e. The summed E-state index contributed by atoms with van der Waals surface area (Å²) in [5, 5.41) is 2.63. The monoisotopic (exact) mass is 233 g/mol. The van der Waals surface area contributed by atoms with Gasteiger partial charge in [-0.15, -0.1) is 0 Å². The van der Waals surface area contributed by atoms with E-state index in [0.717, 1.165) is 5.75 Å². The lowest BCUT2D eigenvalue weighted by Gasteiger charge is -2.31. The number of carbonyl (C=O) groups excluding carboxylic acids is 1. The lowest BCUT2D eigenvalue weighted by molar-refractivity contribution is -0.121. The molecule has 0 fully saturated rings. The molecule has 0 aromatic carbocycles. The first-order chi connectivity index (χ1) is 7.06. The maximum absolute atomic E-state index is 11.3. The average molecular weight is 233 g/mol. The number of carbonyl (C=O) groups is 1. The topological polar surface area (TPSA) is 58.4 Å². The fourth-order valence-electron chi connectivity index (χ4n) is 1.43. The Bertz CT molecular complexity index is 190. The fourth-order valence-corrected chi connectivity index (χ4v) is 2.15. The lowest BCUT2D eigenvalue weighted by Crippen LogP contribution is -2.46. The van der Waals surface area contributed by atoms with E-state index in [4.69, 9.17) is 5.73 Å². The van der Waals surface area contributed by atoms with Gasteiger partial charge in [-0.2, -0.15) is 11.8 Å². The molecule has 5 heteroatoms. The van der Waals surface area contributed by atoms with Crippen molar-refractivity contribution in [3.8, 4) is 0 Å². The Morgan fingerprint density at radius 3 is 2.60 bits per heavy atom. The molecule has 3 N–H and O–H groups in total. The number of thioether (sulfide) groups is 1. The van der Waals surface area contributed by atoms with E-state index >= 15 is 0 Å². The van der Waals surface area contributed by atoms with Crippen molar-refractivity contribution in [2.24, 2.45) is 5.73 Å².